The van der Waals surface area contributed by atoms with E-state index in [9.17, 15) is 16.8 Å². The molecule has 128 valence electrons. The van der Waals surface area contributed by atoms with Crippen molar-refractivity contribution in [3.63, 3.8) is 0 Å². The molecule has 22 heavy (non-hydrogen) atoms. The summed E-state index contributed by atoms with van der Waals surface area (Å²) in [6.45, 7) is 1.12. The molecular weight excluding hydrogens is 324 g/mol. The van der Waals surface area contributed by atoms with Crippen LogP contribution in [0.15, 0.2) is 5.11 Å². The van der Waals surface area contributed by atoms with Crippen molar-refractivity contribution in [3.8, 4) is 0 Å². The first-order valence-corrected chi connectivity index (χ1v) is 11.2. The Bertz CT molecular complexity index is 553. The van der Waals surface area contributed by atoms with Crippen LogP contribution >= 0.6 is 0 Å². The highest BCUT2D eigenvalue weighted by molar-refractivity contribution is 8.10. The van der Waals surface area contributed by atoms with Crippen molar-refractivity contribution in [1.82, 2.24) is 0 Å². The quantitative estimate of drug-likeness (QED) is 0.769. The number of nitrogens with one attached hydrogen (secondary N) is 1. The lowest BCUT2D eigenvalue weighted by atomic mass is 10.0. The zero-order valence-electron chi connectivity index (χ0n) is 13.1. The van der Waals surface area contributed by atoms with Gasteiger partial charge in [-0.25, -0.2) is 22.4 Å². The molecule has 2 saturated carbocycles. The van der Waals surface area contributed by atoms with Crippen molar-refractivity contribution in [2.75, 3.05) is 0 Å². The van der Waals surface area contributed by atoms with E-state index in [-0.39, 0.29) is 0 Å². The summed E-state index contributed by atoms with van der Waals surface area (Å²) >= 11 is 0. The summed E-state index contributed by atoms with van der Waals surface area (Å²) in [5.41, 5.74) is 7.37. The van der Waals surface area contributed by atoms with Crippen LogP contribution in [-0.2, 0) is 19.7 Å². The zero-order valence-corrected chi connectivity index (χ0v) is 14.8. The molecule has 2 aliphatic carbocycles. The van der Waals surface area contributed by atoms with Gasteiger partial charge in [0.25, 0.3) is 4.20 Å². The topological polar surface area (TPSA) is 104 Å². The normalized spacial score (nSPS) is 23.3. The van der Waals surface area contributed by atoms with Gasteiger partial charge in [-0.2, -0.15) is 5.11 Å². The molecule has 0 saturated heterocycles. The fraction of sp³-hybridized carbons (Fsp3) is 1.00. The Hall–Kier alpha value is -0.500. The van der Waals surface area contributed by atoms with E-state index >= 15 is 0 Å². The van der Waals surface area contributed by atoms with Crippen molar-refractivity contribution in [1.29, 1.82) is 5.53 Å². The molecule has 0 spiro atoms. The van der Waals surface area contributed by atoms with Gasteiger partial charge < -0.3 is 0 Å². The summed E-state index contributed by atoms with van der Waals surface area (Å²) in [6, 6.07) is 0. The van der Waals surface area contributed by atoms with Gasteiger partial charge in [0, 0.05) is 0 Å². The summed E-state index contributed by atoms with van der Waals surface area (Å²) < 4.78 is 49.4. The Balaban J connectivity index is 2.39. The molecule has 0 radical (unpaired) electrons. The lowest BCUT2D eigenvalue weighted by Gasteiger charge is -2.34. The van der Waals surface area contributed by atoms with Gasteiger partial charge in [-0.15, -0.1) is 0 Å². The largest absolute Gasteiger partial charge is 0.278 e. The second-order valence-electron chi connectivity index (χ2n) is 6.62. The minimum absolute atomic E-state index is 0.480. The predicted octanol–water partition coefficient (Wildman–Crippen LogP) is 3.19. The fourth-order valence-corrected chi connectivity index (χ4v) is 9.17. The van der Waals surface area contributed by atoms with Gasteiger partial charge in [0.05, 0.1) is 10.5 Å². The van der Waals surface area contributed by atoms with Gasteiger partial charge in [-0.05, 0) is 32.6 Å². The third-order valence-corrected chi connectivity index (χ3v) is 11.6. The molecule has 0 aromatic rings. The Morgan fingerprint density at radius 3 is 1.36 bits per heavy atom. The summed E-state index contributed by atoms with van der Waals surface area (Å²) in [5, 5.41) is 1.82. The molecule has 8 heteroatoms. The molecule has 1 N–H and O–H groups in total. The first-order chi connectivity index (χ1) is 10.3. The maximum absolute atomic E-state index is 12.9. The van der Waals surface area contributed by atoms with Gasteiger partial charge in [0.2, 0.25) is 0 Å². The van der Waals surface area contributed by atoms with Crippen molar-refractivity contribution in [2.45, 2.75) is 85.8 Å². The molecule has 2 fully saturated rings. The first-order valence-electron chi connectivity index (χ1n) is 8.13. The van der Waals surface area contributed by atoms with Crippen LogP contribution in [0.5, 0.6) is 0 Å². The minimum Gasteiger partial charge on any atom is -0.225 e. The number of hydrogen-bond donors (Lipinski definition) is 1. The molecule has 2 aliphatic rings. The highest BCUT2D eigenvalue weighted by atomic mass is 32.3. The molecule has 0 aliphatic heterocycles. The lowest BCUT2D eigenvalue weighted by Crippen LogP contribution is -2.51. The van der Waals surface area contributed by atoms with Crippen LogP contribution in [0.1, 0.15) is 71.1 Å². The van der Waals surface area contributed by atoms with Gasteiger partial charge in [-0.3, -0.25) is 0 Å². The van der Waals surface area contributed by atoms with Crippen molar-refractivity contribution in [3.05, 3.63) is 0 Å². The van der Waals surface area contributed by atoms with Crippen molar-refractivity contribution in [2.24, 2.45) is 5.11 Å². The third-order valence-electron chi connectivity index (χ3n) is 5.24. The van der Waals surface area contributed by atoms with Gasteiger partial charge in [-0.1, -0.05) is 38.5 Å². The van der Waals surface area contributed by atoms with Crippen LogP contribution in [0.3, 0.4) is 0 Å². The van der Waals surface area contributed by atoms with Crippen molar-refractivity contribution < 1.29 is 16.8 Å². The van der Waals surface area contributed by atoms with Crippen molar-refractivity contribution >= 4 is 19.7 Å². The maximum atomic E-state index is 12.9. The monoisotopic (exact) mass is 350 g/mol. The smallest absolute Gasteiger partial charge is 0.225 e. The molecule has 0 atom stereocenters. The fourth-order valence-electron chi connectivity index (χ4n) is 3.66. The molecule has 0 aromatic heterocycles. The highest BCUT2D eigenvalue weighted by Crippen LogP contribution is 2.40. The summed E-state index contributed by atoms with van der Waals surface area (Å²) in [6.07, 6.45) is 7.06. The van der Waals surface area contributed by atoms with E-state index in [1.54, 1.807) is 0 Å². The summed E-state index contributed by atoms with van der Waals surface area (Å²) in [4.78, 5) is 0. The van der Waals surface area contributed by atoms with E-state index < -0.39 is 34.4 Å². The lowest BCUT2D eigenvalue weighted by molar-refractivity contribution is 0.457. The Labute approximate surface area is 133 Å². The van der Waals surface area contributed by atoms with E-state index in [0.717, 1.165) is 45.4 Å². The van der Waals surface area contributed by atoms with Gasteiger partial charge >= 0.3 is 0 Å². The van der Waals surface area contributed by atoms with Crippen LogP contribution < -0.4 is 0 Å². The third kappa shape index (κ3) is 2.84. The highest BCUT2D eigenvalue weighted by Gasteiger charge is 2.57. The molecule has 0 amide bonds. The first kappa shape index (κ1) is 17.8. The van der Waals surface area contributed by atoms with E-state index in [1.807, 2.05) is 0 Å². The average Bonchev–Trinajstić information content (AvgIpc) is 2.55. The van der Waals surface area contributed by atoms with Crippen LogP contribution in [-0.4, -0.2) is 31.5 Å². The Kier molecular flexibility index (Phi) is 5.31. The van der Waals surface area contributed by atoms with Gasteiger partial charge in [0.15, 0.2) is 19.7 Å². The van der Waals surface area contributed by atoms with Crippen LogP contribution in [0.4, 0.5) is 0 Å². The second-order valence-corrected chi connectivity index (χ2v) is 12.0. The molecule has 0 bridgehead atoms. The summed E-state index contributed by atoms with van der Waals surface area (Å²) in [7, 11) is -8.05. The average molecular weight is 351 g/mol. The van der Waals surface area contributed by atoms with E-state index in [4.69, 9.17) is 5.53 Å². The predicted molar refractivity (Wildman–Crippen MR) is 85.1 cm³/mol. The molecule has 0 aromatic carbocycles. The molecule has 2 rings (SSSR count). The number of hydrogen-bond acceptors (Lipinski definition) is 6. The SMILES string of the molecule is CC(N=N)(S(=O)(=O)C1CCCCC1)S(=O)(=O)C1CCCCC1. The number of nitrogens with zero attached hydrogens (tertiary/aromatic N) is 1. The van der Waals surface area contributed by atoms with Crippen LogP contribution in [0.2, 0.25) is 0 Å². The van der Waals surface area contributed by atoms with Crippen LogP contribution in [0.25, 0.3) is 0 Å². The van der Waals surface area contributed by atoms with E-state index in [2.05, 4.69) is 5.11 Å². The van der Waals surface area contributed by atoms with E-state index in [0.29, 0.717) is 25.7 Å². The summed E-state index contributed by atoms with van der Waals surface area (Å²) in [5.74, 6) is 0. The zero-order chi connectivity index (χ0) is 16.4. The molecule has 6 nitrogen and oxygen atoms in total. The number of rotatable bonds is 5. The van der Waals surface area contributed by atoms with Gasteiger partial charge in [0.1, 0.15) is 0 Å². The van der Waals surface area contributed by atoms with E-state index in [1.165, 1.54) is 0 Å². The molecular formula is C14H26N2O4S2. The maximum Gasteiger partial charge on any atom is 0.278 e. The Morgan fingerprint density at radius 2 is 1.09 bits per heavy atom. The molecule has 0 heterocycles. The molecule has 0 unspecified atom stereocenters. The Morgan fingerprint density at radius 1 is 0.773 bits per heavy atom. The standard InChI is InChI=1S/C14H26N2O4S2/c1-14(16-15,21(17,18)12-8-4-2-5-9-12)22(19,20)13-10-6-3-7-11-13/h12-13,15H,2-11H2,1H3. The number of sulfone groups is 2. The minimum atomic E-state index is -4.02. The van der Waals surface area contributed by atoms with Crippen LogP contribution in [0, 0.1) is 5.53 Å². The second kappa shape index (κ2) is 6.55.